The van der Waals surface area contributed by atoms with E-state index in [1.165, 1.54) is 0 Å². The second-order valence-corrected chi connectivity index (χ2v) is 4.08. The molecule has 4 nitrogen and oxygen atoms in total. The summed E-state index contributed by atoms with van der Waals surface area (Å²) < 4.78 is 16.5. The van der Waals surface area contributed by atoms with Crippen molar-refractivity contribution in [1.82, 2.24) is 5.32 Å². The van der Waals surface area contributed by atoms with Gasteiger partial charge in [-0.05, 0) is 38.1 Å². The van der Waals surface area contributed by atoms with Crippen LogP contribution in [0.1, 0.15) is 12.8 Å². The Morgan fingerprint density at radius 3 is 2.71 bits per heavy atom. The van der Waals surface area contributed by atoms with E-state index in [9.17, 15) is 0 Å². The number of ether oxygens (including phenoxy) is 3. The Kier molecular flexibility index (Phi) is 3.97. The summed E-state index contributed by atoms with van der Waals surface area (Å²) in [6, 6.07) is 5.75. The molecule has 1 N–H and O–H groups in total. The molecule has 1 aromatic carbocycles. The van der Waals surface area contributed by atoms with E-state index >= 15 is 0 Å². The molecule has 0 saturated carbocycles. The topological polar surface area (TPSA) is 39.7 Å². The van der Waals surface area contributed by atoms with Gasteiger partial charge < -0.3 is 19.5 Å². The Hall–Kier alpha value is -1.13. The molecule has 1 aromatic rings. The van der Waals surface area contributed by atoms with Gasteiger partial charge >= 0.3 is 0 Å². The maximum atomic E-state index is 5.90. The van der Waals surface area contributed by atoms with E-state index in [1.54, 1.807) is 0 Å². The van der Waals surface area contributed by atoms with E-state index in [4.69, 9.17) is 14.2 Å². The van der Waals surface area contributed by atoms with Gasteiger partial charge in [-0.3, -0.25) is 0 Å². The van der Waals surface area contributed by atoms with Crippen molar-refractivity contribution in [1.29, 1.82) is 0 Å². The molecule has 0 atom stereocenters. The molecule has 94 valence electrons. The molecule has 2 aliphatic rings. The molecular formula is C12H16ClNO3. The molecule has 17 heavy (non-hydrogen) atoms. The second kappa shape index (κ2) is 5.47. The summed E-state index contributed by atoms with van der Waals surface area (Å²) in [7, 11) is 0. The molecule has 0 bridgehead atoms. The molecule has 5 heteroatoms. The Bertz CT molecular complexity index is 380. The predicted molar refractivity (Wildman–Crippen MR) is 66.3 cm³/mol. The quantitative estimate of drug-likeness (QED) is 0.879. The number of rotatable bonds is 2. The maximum Gasteiger partial charge on any atom is 0.231 e. The van der Waals surface area contributed by atoms with Crippen LogP contribution >= 0.6 is 12.4 Å². The molecule has 0 unspecified atom stereocenters. The van der Waals surface area contributed by atoms with E-state index < -0.39 is 0 Å². The van der Waals surface area contributed by atoms with Crippen LogP contribution in [0.2, 0.25) is 0 Å². The Morgan fingerprint density at radius 1 is 1.12 bits per heavy atom. The van der Waals surface area contributed by atoms with Gasteiger partial charge in [-0.1, -0.05) is 0 Å². The summed E-state index contributed by atoms with van der Waals surface area (Å²) in [5.74, 6) is 2.46. The van der Waals surface area contributed by atoms with Gasteiger partial charge in [-0.25, -0.2) is 0 Å². The van der Waals surface area contributed by atoms with Crippen molar-refractivity contribution in [3.8, 4) is 17.2 Å². The van der Waals surface area contributed by atoms with Crippen molar-refractivity contribution in [3.63, 3.8) is 0 Å². The summed E-state index contributed by atoms with van der Waals surface area (Å²) in [6.07, 6.45) is 2.45. The van der Waals surface area contributed by atoms with Crippen LogP contribution in [0.5, 0.6) is 17.2 Å². The number of piperidine rings is 1. The average Bonchev–Trinajstić information content (AvgIpc) is 2.77. The molecule has 2 heterocycles. The lowest BCUT2D eigenvalue weighted by Crippen LogP contribution is -2.34. The molecule has 2 aliphatic heterocycles. The Balaban J connectivity index is 0.00000108. The Labute approximate surface area is 107 Å². The first kappa shape index (κ1) is 12.3. The lowest BCUT2D eigenvalue weighted by Gasteiger charge is -2.23. The normalized spacial score (nSPS) is 18.6. The van der Waals surface area contributed by atoms with Gasteiger partial charge in [0.25, 0.3) is 0 Å². The zero-order chi connectivity index (χ0) is 10.8. The second-order valence-electron chi connectivity index (χ2n) is 4.08. The molecule has 1 saturated heterocycles. The first-order valence-corrected chi connectivity index (χ1v) is 5.69. The molecule has 0 aliphatic carbocycles. The van der Waals surface area contributed by atoms with Crippen LogP contribution in [0.3, 0.4) is 0 Å². The third-order valence-electron chi connectivity index (χ3n) is 2.93. The van der Waals surface area contributed by atoms with Crippen molar-refractivity contribution >= 4 is 12.4 Å². The van der Waals surface area contributed by atoms with E-state index in [-0.39, 0.29) is 12.4 Å². The summed E-state index contributed by atoms with van der Waals surface area (Å²) in [6.45, 7) is 2.39. The van der Waals surface area contributed by atoms with Crippen LogP contribution in [-0.4, -0.2) is 26.0 Å². The van der Waals surface area contributed by atoms with Crippen molar-refractivity contribution in [3.05, 3.63) is 18.2 Å². The number of halogens is 1. The third kappa shape index (κ3) is 2.76. The predicted octanol–water partition coefficient (Wildman–Crippen LogP) is 1.97. The van der Waals surface area contributed by atoms with Gasteiger partial charge in [-0.2, -0.15) is 0 Å². The molecular weight excluding hydrogens is 242 g/mol. The van der Waals surface area contributed by atoms with Gasteiger partial charge in [0.2, 0.25) is 6.79 Å². The first-order chi connectivity index (χ1) is 7.92. The fourth-order valence-electron chi connectivity index (χ4n) is 2.06. The van der Waals surface area contributed by atoms with Crippen LogP contribution in [0.4, 0.5) is 0 Å². The molecule has 1 fully saturated rings. The lowest BCUT2D eigenvalue weighted by molar-refractivity contribution is 0.161. The molecule has 0 amide bonds. The largest absolute Gasteiger partial charge is 0.490 e. The summed E-state index contributed by atoms with van der Waals surface area (Å²) >= 11 is 0. The molecule has 0 spiro atoms. The lowest BCUT2D eigenvalue weighted by atomic mass is 10.1. The van der Waals surface area contributed by atoms with E-state index in [0.29, 0.717) is 12.9 Å². The number of hydrogen-bond acceptors (Lipinski definition) is 4. The number of benzene rings is 1. The fraction of sp³-hybridized carbons (Fsp3) is 0.500. The van der Waals surface area contributed by atoms with Crippen molar-refractivity contribution < 1.29 is 14.2 Å². The minimum Gasteiger partial charge on any atom is -0.490 e. The van der Waals surface area contributed by atoms with Gasteiger partial charge in [0.15, 0.2) is 11.5 Å². The number of hydrogen-bond donors (Lipinski definition) is 1. The van der Waals surface area contributed by atoms with Gasteiger partial charge in [-0.15, -0.1) is 12.4 Å². The number of nitrogens with one attached hydrogen (secondary N) is 1. The third-order valence-corrected chi connectivity index (χ3v) is 2.93. The maximum absolute atomic E-state index is 5.90. The van der Waals surface area contributed by atoms with E-state index in [2.05, 4.69) is 5.32 Å². The van der Waals surface area contributed by atoms with Crippen molar-refractivity contribution in [2.75, 3.05) is 19.9 Å². The minimum absolute atomic E-state index is 0. The standard InChI is InChI=1S/C12H15NO3.ClH/c1-2-11-12(15-8-14-11)7-10(1)16-9-3-5-13-6-4-9;/h1-2,7,9,13H,3-6,8H2;1H. The highest BCUT2D eigenvalue weighted by atomic mass is 35.5. The minimum atomic E-state index is 0. The first-order valence-electron chi connectivity index (χ1n) is 5.69. The van der Waals surface area contributed by atoms with Crippen LogP contribution in [0, 0.1) is 0 Å². The fourth-order valence-corrected chi connectivity index (χ4v) is 2.06. The molecule has 0 radical (unpaired) electrons. The smallest absolute Gasteiger partial charge is 0.231 e. The van der Waals surface area contributed by atoms with E-state index in [1.807, 2.05) is 18.2 Å². The average molecular weight is 258 g/mol. The van der Waals surface area contributed by atoms with Crippen LogP contribution in [-0.2, 0) is 0 Å². The van der Waals surface area contributed by atoms with Gasteiger partial charge in [0.1, 0.15) is 11.9 Å². The zero-order valence-electron chi connectivity index (χ0n) is 9.48. The highest BCUT2D eigenvalue weighted by Gasteiger charge is 2.17. The molecule has 0 aromatic heterocycles. The van der Waals surface area contributed by atoms with E-state index in [0.717, 1.165) is 43.2 Å². The van der Waals surface area contributed by atoms with Crippen LogP contribution in [0.15, 0.2) is 18.2 Å². The van der Waals surface area contributed by atoms with Gasteiger partial charge in [0, 0.05) is 6.07 Å². The SMILES string of the molecule is Cl.c1cc2c(cc1OC1CCNCC1)OCO2. The highest BCUT2D eigenvalue weighted by molar-refractivity contribution is 5.85. The Morgan fingerprint density at radius 2 is 1.88 bits per heavy atom. The summed E-state index contributed by atoms with van der Waals surface area (Å²) in [4.78, 5) is 0. The van der Waals surface area contributed by atoms with Crippen molar-refractivity contribution in [2.45, 2.75) is 18.9 Å². The van der Waals surface area contributed by atoms with Crippen LogP contribution < -0.4 is 19.5 Å². The molecule has 3 rings (SSSR count). The monoisotopic (exact) mass is 257 g/mol. The number of fused-ring (bicyclic) bond motifs is 1. The summed E-state index contributed by atoms with van der Waals surface area (Å²) in [5, 5.41) is 3.32. The van der Waals surface area contributed by atoms with Crippen LogP contribution in [0.25, 0.3) is 0 Å². The zero-order valence-corrected chi connectivity index (χ0v) is 10.3. The van der Waals surface area contributed by atoms with Gasteiger partial charge in [0.05, 0.1) is 0 Å². The van der Waals surface area contributed by atoms with Crippen molar-refractivity contribution in [2.24, 2.45) is 0 Å². The highest BCUT2D eigenvalue weighted by Crippen LogP contribution is 2.35. The summed E-state index contributed by atoms with van der Waals surface area (Å²) in [5.41, 5.74) is 0.